The molecule has 0 aromatic heterocycles. The van der Waals surface area contributed by atoms with Crippen LogP contribution >= 0.6 is 0 Å². The molecule has 1 saturated heterocycles. The summed E-state index contributed by atoms with van der Waals surface area (Å²) in [5.41, 5.74) is 10.9. The average Bonchev–Trinajstić information content (AvgIpc) is 3.37. The van der Waals surface area contributed by atoms with Crippen LogP contribution in [0.25, 0.3) is 0 Å². The fourth-order valence-electron chi connectivity index (χ4n) is 4.28. The summed E-state index contributed by atoms with van der Waals surface area (Å²) in [7, 11) is 0. The van der Waals surface area contributed by atoms with Crippen LogP contribution in [0.5, 0.6) is 0 Å². The number of aliphatic carboxylic acids is 2. The van der Waals surface area contributed by atoms with Gasteiger partial charge in [-0.25, -0.2) is 4.79 Å². The van der Waals surface area contributed by atoms with E-state index in [-0.39, 0.29) is 31.7 Å². The Labute approximate surface area is 232 Å². The van der Waals surface area contributed by atoms with Crippen molar-refractivity contribution in [2.75, 3.05) is 6.54 Å². The number of amides is 5. The second-order valence-corrected chi connectivity index (χ2v) is 10.4. The molecule has 1 aliphatic heterocycles. The molecule has 0 saturated carbocycles. The molecule has 0 aliphatic carbocycles. The van der Waals surface area contributed by atoms with E-state index in [9.17, 15) is 38.7 Å². The van der Waals surface area contributed by atoms with E-state index < -0.39 is 84.0 Å². The summed E-state index contributed by atoms with van der Waals surface area (Å²) >= 11 is 0. The van der Waals surface area contributed by atoms with Crippen molar-refractivity contribution in [3.8, 4) is 0 Å². The lowest BCUT2D eigenvalue weighted by molar-refractivity contribution is -0.146. The summed E-state index contributed by atoms with van der Waals surface area (Å²) in [6, 6.07) is -5.86. The van der Waals surface area contributed by atoms with E-state index in [0.717, 1.165) is 0 Å². The van der Waals surface area contributed by atoms with Crippen LogP contribution in [-0.2, 0) is 33.6 Å². The summed E-state index contributed by atoms with van der Waals surface area (Å²) in [5, 5.41) is 25.6. The predicted molar refractivity (Wildman–Crippen MR) is 141 cm³/mol. The Morgan fingerprint density at radius 1 is 0.950 bits per heavy atom. The van der Waals surface area contributed by atoms with E-state index in [1.807, 2.05) is 6.92 Å². The predicted octanol–water partition coefficient (Wildman–Crippen LogP) is -1.71. The average molecular weight is 571 g/mol. The van der Waals surface area contributed by atoms with Crippen molar-refractivity contribution in [3.05, 3.63) is 0 Å². The number of carboxylic acid groups (broad SMARTS) is 2. The number of primary amides is 1. The first kappa shape index (κ1) is 34.3. The van der Waals surface area contributed by atoms with Crippen molar-refractivity contribution in [1.82, 2.24) is 20.9 Å². The lowest BCUT2D eigenvalue weighted by Crippen LogP contribution is -2.60. The monoisotopic (exact) mass is 570 g/mol. The number of nitrogens with one attached hydrogen (secondary N) is 3. The molecule has 226 valence electrons. The smallest absolute Gasteiger partial charge is 0.326 e. The third-order valence-electron chi connectivity index (χ3n) is 6.89. The van der Waals surface area contributed by atoms with Crippen LogP contribution in [-0.4, -0.2) is 93.3 Å². The van der Waals surface area contributed by atoms with Crippen LogP contribution in [0.1, 0.15) is 66.2 Å². The highest BCUT2D eigenvalue weighted by Crippen LogP contribution is 2.21. The molecule has 0 aromatic carbocycles. The lowest BCUT2D eigenvalue weighted by Gasteiger charge is -2.33. The highest BCUT2D eigenvalue weighted by atomic mass is 16.4. The number of hydrogen-bond donors (Lipinski definition) is 7. The Kier molecular flexibility index (Phi) is 13.5. The molecule has 0 radical (unpaired) electrons. The largest absolute Gasteiger partial charge is 0.481 e. The van der Waals surface area contributed by atoms with Gasteiger partial charge in [-0.15, -0.1) is 0 Å². The van der Waals surface area contributed by atoms with Gasteiger partial charge in [0, 0.05) is 13.0 Å². The van der Waals surface area contributed by atoms with Crippen LogP contribution in [0.15, 0.2) is 0 Å². The molecule has 0 aromatic rings. The Morgan fingerprint density at radius 3 is 2.05 bits per heavy atom. The fourth-order valence-corrected chi connectivity index (χ4v) is 4.28. The highest BCUT2D eigenvalue weighted by molar-refractivity contribution is 5.96. The first-order valence-electron chi connectivity index (χ1n) is 13.3. The lowest BCUT2D eigenvalue weighted by atomic mass is 9.95. The summed E-state index contributed by atoms with van der Waals surface area (Å²) in [6.45, 7) is 7.11. The van der Waals surface area contributed by atoms with Gasteiger partial charge in [-0.3, -0.25) is 28.8 Å². The molecule has 0 unspecified atom stereocenters. The van der Waals surface area contributed by atoms with E-state index >= 15 is 0 Å². The third kappa shape index (κ3) is 10.1. The summed E-state index contributed by atoms with van der Waals surface area (Å²) < 4.78 is 0. The van der Waals surface area contributed by atoms with Gasteiger partial charge in [0.05, 0.1) is 12.5 Å². The number of rotatable bonds is 16. The van der Waals surface area contributed by atoms with Crippen molar-refractivity contribution in [2.24, 2.45) is 23.3 Å². The molecule has 0 spiro atoms. The molecule has 40 heavy (non-hydrogen) atoms. The minimum absolute atomic E-state index is 0.121. The first-order chi connectivity index (χ1) is 18.6. The van der Waals surface area contributed by atoms with Crippen LogP contribution in [0, 0.1) is 11.8 Å². The van der Waals surface area contributed by atoms with Gasteiger partial charge in [-0.1, -0.05) is 34.1 Å². The van der Waals surface area contributed by atoms with Gasteiger partial charge in [0.2, 0.25) is 29.5 Å². The number of carboxylic acids is 2. The van der Waals surface area contributed by atoms with Gasteiger partial charge in [0.1, 0.15) is 24.2 Å². The molecule has 1 aliphatic rings. The fraction of sp³-hybridized carbons (Fsp3) is 0.720. The summed E-state index contributed by atoms with van der Waals surface area (Å²) in [5.74, 6) is -6.92. The quantitative estimate of drug-likeness (QED) is 0.111. The van der Waals surface area contributed by atoms with Crippen LogP contribution in [0.4, 0.5) is 0 Å². The maximum atomic E-state index is 13.6. The molecule has 5 amide bonds. The number of carbonyl (C=O) groups is 7. The first-order valence-corrected chi connectivity index (χ1v) is 13.3. The van der Waals surface area contributed by atoms with Gasteiger partial charge in [0.25, 0.3) is 0 Å². The molecule has 1 heterocycles. The van der Waals surface area contributed by atoms with E-state index in [1.165, 1.54) is 4.90 Å². The molecule has 9 N–H and O–H groups in total. The topological polar surface area (TPSA) is 251 Å². The number of likely N-dealkylation sites (tertiary alicyclic amines) is 1. The van der Waals surface area contributed by atoms with Crippen molar-refractivity contribution in [2.45, 2.75) is 96.4 Å². The van der Waals surface area contributed by atoms with E-state index in [1.54, 1.807) is 20.8 Å². The highest BCUT2D eigenvalue weighted by Gasteiger charge is 2.41. The number of nitrogens with zero attached hydrogens (tertiary/aromatic N) is 1. The van der Waals surface area contributed by atoms with Crippen molar-refractivity contribution in [1.29, 1.82) is 0 Å². The van der Waals surface area contributed by atoms with E-state index in [0.29, 0.717) is 12.8 Å². The Morgan fingerprint density at radius 2 is 1.55 bits per heavy atom. The maximum absolute atomic E-state index is 13.6. The third-order valence-corrected chi connectivity index (χ3v) is 6.89. The van der Waals surface area contributed by atoms with Crippen LogP contribution in [0.2, 0.25) is 0 Å². The molecule has 1 rings (SSSR count). The number of carbonyl (C=O) groups excluding carboxylic acids is 5. The SMILES string of the molecule is CC[C@H](C)[C@H](NC(=O)[C@@H](N)CCC(=O)O)C(=O)N[C@H](C(=O)N1CCC[C@H]1C(=O)N[C@@H](CC(N)=O)C(=O)O)C(C)C. The standard InChI is InChI=1S/C25H42N6O9/c1-5-13(4)20(30-21(35)14(26)8-9-18(33)34)23(37)29-19(12(2)3)24(38)31-10-6-7-16(31)22(36)28-15(25(39)40)11-17(27)32/h12-16,19-20H,5-11,26H2,1-4H3,(H2,27,32)(H,28,36)(H,29,37)(H,30,35)(H,33,34)(H,39,40)/t13-,14-,15-,16-,19-,20-/m0/s1. The van der Waals surface area contributed by atoms with E-state index in [4.69, 9.17) is 16.6 Å². The van der Waals surface area contributed by atoms with Gasteiger partial charge in [-0.05, 0) is 31.1 Å². The van der Waals surface area contributed by atoms with Crippen molar-refractivity contribution in [3.63, 3.8) is 0 Å². The molecule has 0 bridgehead atoms. The van der Waals surface area contributed by atoms with E-state index in [2.05, 4.69) is 16.0 Å². The van der Waals surface area contributed by atoms with Gasteiger partial charge in [-0.2, -0.15) is 0 Å². The molecule has 15 nitrogen and oxygen atoms in total. The van der Waals surface area contributed by atoms with Gasteiger partial charge < -0.3 is 42.5 Å². The number of nitrogens with two attached hydrogens (primary N) is 2. The summed E-state index contributed by atoms with van der Waals surface area (Å²) in [6.07, 6.45) is 0.139. The van der Waals surface area contributed by atoms with Crippen LogP contribution in [0.3, 0.4) is 0 Å². The van der Waals surface area contributed by atoms with Crippen molar-refractivity contribution >= 4 is 41.5 Å². The zero-order chi connectivity index (χ0) is 30.7. The minimum atomic E-state index is -1.55. The van der Waals surface area contributed by atoms with Crippen LogP contribution < -0.4 is 27.4 Å². The van der Waals surface area contributed by atoms with Crippen molar-refractivity contribution < 1.29 is 43.8 Å². The second kappa shape index (κ2) is 15.7. The molecular formula is C25H42N6O9. The maximum Gasteiger partial charge on any atom is 0.326 e. The molecule has 1 fully saturated rings. The van der Waals surface area contributed by atoms with Gasteiger partial charge in [0.15, 0.2) is 0 Å². The second-order valence-electron chi connectivity index (χ2n) is 10.4. The molecule has 15 heteroatoms. The Bertz CT molecular complexity index is 972. The Hall–Kier alpha value is -3.75. The zero-order valence-electron chi connectivity index (χ0n) is 23.3. The number of hydrogen-bond acceptors (Lipinski definition) is 8. The molecule has 6 atom stereocenters. The Balaban J connectivity index is 3.06. The zero-order valence-corrected chi connectivity index (χ0v) is 23.3. The van der Waals surface area contributed by atoms with Gasteiger partial charge >= 0.3 is 11.9 Å². The normalized spacial score (nSPS) is 18.6. The molecular weight excluding hydrogens is 528 g/mol. The summed E-state index contributed by atoms with van der Waals surface area (Å²) in [4.78, 5) is 87.0. The minimum Gasteiger partial charge on any atom is -0.481 e.